The number of amides is 1. The van der Waals surface area contributed by atoms with Crippen LogP contribution < -0.4 is 9.33 Å². The molecule has 1 fully saturated rings. The molecule has 1 aromatic rings. The number of anilines is 1. The number of carbonyl (C=O) groups is 4. The maximum Gasteiger partial charge on any atom is 0.508 e. The summed E-state index contributed by atoms with van der Waals surface area (Å²) >= 11 is 0. The molecule has 1 heterocycles. The van der Waals surface area contributed by atoms with Gasteiger partial charge in [-0.25, -0.2) is 4.79 Å². The van der Waals surface area contributed by atoms with Crippen LogP contribution in [0.1, 0.15) is 82.6 Å². The van der Waals surface area contributed by atoms with Crippen molar-refractivity contribution in [2.45, 2.75) is 111 Å². The van der Waals surface area contributed by atoms with Crippen LogP contribution in [0.25, 0.3) is 0 Å². The summed E-state index contributed by atoms with van der Waals surface area (Å²) in [4.78, 5) is 55.6. The lowest BCUT2D eigenvalue weighted by Gasteiger charge is -2.42. The van der Waals surface area contributed by atoms with Gasteiger partial charge in [0, 0.05) is 11.8 Å². The van der Waals surface area contributed by atoms with Gasteiger partial charge in [0.15, 0.2) is 5.78 Å². The van der Waals surface area contributed by atoms with Crippen molar-refractivity contribution in [3.63, 3.8) is 0 Å². The van der Waals surface area contributed by atoms with Crippen LogP contribution >= 0.6 is 0 Å². The average Bonchev–Trinajstić information content (AvgIpc) is 3.12. The van der Waals surface area contributed by atoms with Gasteiger partial charge in [-0.1, -0.05) is 61.1 Å². The predicted molar refractivity (Wildman–Crippen MR) is 174 cm³/mol. The maximum atomic E-state index is 14.5. The lowest BCUT2D eigenvalue weighted by atomic mass is 9.77. The second-order valence-corrected chi connectivity index (χ2v) is 18.1. The second-order valence-electron chi connectivity index (χ2n) is 12.7. The molecule has 0 radical (unpaired) electrons. The van der Waals surface area contributed by atoms with Gasteiger partial charge in [-0.3, -0.25) is 19.3 Å². The van der Waals surface area contributed by atoms with E-state index in [9.17, 15) is 19.2 Å². The zero-order chi connectivity index (χ0) is 33.8. The van der Waals surface area contributed by atoms with Crippen LogP contribution in [0.4, 0.5) is 10.5 Å². The van der Waals surface area contributed by atoms with Crippen molar-refractivity contribution < 1.29 is 37.8 Å². The lowest BCUT2D eigenvalue weighted by molar-refractivity contribution is -0.160. The van der Waals surface area contributed by atoms with E-state index in [1.54, 1.807) is 52.0 Å². The molecule has 1 saturated heterocycles. The fourth-order valence-electron chi connectivity index (χ4n) is 6.81. The minimum Gasteiger partial charge on any atom is -0.543 e. The Balaban J connectivity index is 2.88. The largest absolute Gasteiger partial charge is 0.543 e. The predicted octanol–water partition coefficient (Wildman–Crippen LogP) is 7.55. The lowest BCUT2D eigenvalue weighted by Crippen LogP contribution is -2.51. The Labute approximate surface area is 264 Å². The summed E-state index contributed by atoms with van der Waals surface area (Å²) in [6, 6.07) is 7.15. The van der Waals surface area contributed by atoms with Crippen molar-refractivity contribution in [2.24, 2.45) is 5.41 Å². The first-order valence-corrected chi connectivity index (χ1v) is 17.5. The Kier molecular flexibility index (Phi) is 11.8. The highest BCUT2D eigenvalue weighted by Crippen LogP contribution is 2.48. The van der Waals surface area contributed by atoms with Gasteiger partial charge in [-0.15, -0.1) is 0 Å². The van der Waals surface area contributed by atoms with Gasteiger partial charge in [-0.2, -0.15) is 0 Å². The van der Waals surface area contributed by atoms with E-state index in [0.29, 0.717) is 39.2 Å². The summed E-state index contributed by atoms with van der Waals surface area (Å²) in [6.07, 6.45) is -0.132. The highest BCUT2D eigenvalue weighted by molar-refractivity contribution is 6.78. The standard InChI is InChI=1S/C34H51NO8Si/c1-14-34(20-25(11)28(21(3)4)42-32(39)40-13)29(36)33(12,31(38)41-15-2)30(37)35(34)26-17-16-18-27(19-26)43-44(22(5)6,23(7)8)24(9)10/h16-20,22-24,28H,3,14-15H2,1-2,4-13H3/b25-20+/t28?,33-,34-/m0/s1. The number of benzene rings is 1. The molecule has 1 aliphatic heterocycles. The molecule has 1 unspecified atom stereocenters. The highest BCUT2D eigenvalue weighted by Gasteiger charge is 2.68. The van der Waals surface area contributed by atoms with Crippen molar-refractivity contribution in [3.8, 4) is 5.75 Å². The molecule has 44 heavy (non-hydrogen) atoms. The summed E-state index contributed by atoms with van der Waals surface area (Å²) < 4.78 is 22.3. The van der Waals surface area contributed by atoms with Crippen LogP contribution in [0.3, 0.4) is 0 Å². The van der Waals surface area contributed by atoms with Gasteiger partial charge in [0.2, 0.25) is 5.41 Å². The fourth-order valence-corrected chi connectivity index (χ4v) is 12.1. The van der Waals surface area contributed by atoms with Crippen LogP contribution in [0.15, 0.2) is 48.1 Å². The van der Waals surface area contributed by atoms with Crippen LogP contribution in [0.2, 0.25) is 16.6 Å². The number of methoxy groups -OCH3 is 1. The van der Waals surface area contributed by atoms with Crippen molar-refractivity contribution in [1.29, 1.82) is 0 Å². The highest BCUT2D eigenvalue weighted by atomic mass is 28.4. The molecule has 0 aliphatic carbocycles. The molecule has 9 nitrogen and oxygen atoms in total. The van der Waals surface area contributed by atoms with Gasteiger partial charge in [0.05, 0.1) is 13.7 Å². The number of ether oxygens (including phenoxy) is 3. The van der Waals surface area contributed by atoms with Crippen LogP contribution in [-0.4, -0.2) is 57.5 Å². The second kappa shape index (κ2) is 14.1. The number of Topliss-reactive ketones (excluding diaryl/α,β-unsaturated/α-hetero) is 1. The number of ketones is 1. The fraction of sp³-hybridized carbons (Fsp3) is 0.588. The average molecular weight is 630 g/mol. The monoisotopic (exact) mass is 629 g/mol. The van der Waals surface area contributed by atoms with E-state index in [2.05, 4.69) is 48.1 Å². The van der Waals surface area contributed by atoms with Crippen LogP contribution in [-0.2, 0) is 28.6 Å². The number of nitrogens with zero attached hydrogens (tertiary/aromatic N) is 1. The van der Waals surface area contributed by atoms with Crippen molar-refractivity contribution >= 4 is 37.8 Å². The molecule has 3 atom stereocenters. The Hall–Kier alpha value is -3.40. The van der Waals surface area contributed by atoms with E-state index in [0.717, 1.165) is 0 Å². The minimum atomic E-state index is -2.36. The molecule has 10 heteroatoms. The van der Waals surface area contributed by atoms with E-state index in [4.69, 9.17) is 18.6 Å². The maximum absolute atomic E-state index is 14.5. The summed E-state index contributed by atoms with van der Waals surface area (Å²) in [5.74, 6) is -1.66. The minimum absolute atomic E-state index is 0.00329. The first-order chi connectivity index (χ1) is 20.4. The molecule has 0 aromatic heterocycles. The number of hydrogen-bond donors (Lipinski definition) is 0. The van der Waals surface area contributed by atoms with E-state index < -0.39 is 49.2 Å². The number of esters is 1. The summed E-state index contributed by atoms with van der Waals surface area (Å²) in [7, 11) is -1.17. The van der Waals surface area contributed by atoms with Gasteiger partial charge in [-0.05, 0) is 80.1 Å². The van der Waals surface area contributed by atoms with Gasteiger partial charge in [0.1, 0.15) is 17.4 Å². The van der Waals surface area contributed by atoms with Crippen molar-refractivity contribution in [1.82, 2.24) is 0 Å². The number of rotatable bonds is 13. The summed E-state index contributed by atoms with van der Waals surface area (Å²) in [5, 5.41) is 0. The summed E-state index contributed by atoms with van der Waals surface area (Å²) in [6.45, 7) is 25.1. The van der Waals surface area contributed by atoms with E-state index in [-0.39, 0.29) is 13.0 Å². The third kappa shape index (κ3) is 6.36. The van der Waals surface area contributed by atoms with E-state index >= 15 is 0 Å². The molecule has 1 aromatic carbocycles. The number of carbonyl (C=O) groups excluding carboxylic acids is 4. The topological polar surface area (TPSA) is 108 Å². The molecule has 0 N–H and O–H groups in total. The summed E-state index contributed by atoms with van der Waals surface area (Å²) in [5.41, 5.74) is -1.46. The van der Waals surface area contributed by atoms with Gasteiger partial charge >= 0.3 is 12.1 Å². The number of hydrogen-bond acceptors (Lipinski definition) is 8. The molecular formula is C34H51NO8Si. The molecule has 0 saturated carbocycles. The Morgan fingerprint density at radius 2 is 1.59 bits per heavy atom. The van der Waals surface area contributed by atoms with E-state index in [1.807, 2.05) is 6.07 Å². The molecule has 0 bridgehead atoms. The van der Waals surface area contributed by atoms with Crippen LogP contribution in [0, 0.1) is 5.41 Å². The SMILES string of the molecule is C=C(C)C(OC(=O)OC)/C(C)=C/[C@@]1(CC)C(=O)[C@](C)(C(=O)OCC)C(=O)N1c1cccc(O[Si](C(C)C)(C(C)C)C(C)C)c1. The third-order valence-electron chi connectivity index (χ3n) is 8.89. The van der Waals surface area contributed by atoms with Gasteiger partial charge in [0.25, 0.3) is 14.2 Å². The molecule has 1 aliphatic rings. The third-order valence-corrected chi connectivity index (χ3v) is 14.9. The molecule has 1 amide bonds. The first kappa shape index (κ1) is 36.8. The molecule has 0 spiro atoms. The molecule has 2 rings (SSSR count). The quantitative estimate of drug-likeness (QED) is 0.0953. The zero-order valence-electron chi connectivity index (χ0n) is 28.5. The molecular weight excluding hydrogens is 578 g/mol. The first-order valence-electron chi connectivity index (χ1n) is 15.4. The zero-order valence-corrected chi connectivity index (χ0v) is 29.5. The Bertz CT molecular complexity index is 1280. The van der Waals surface area contributed by atoms with E-state index in [1.165, 1.54) is 18.9 Å². The van der Waals surface area contributed by atoms with Crippen molar-refractivity contribution in [2.75, 3.05) is 18.6 Å². The Morgan fingerprint density at radius 1 is 1.02 bits per heavy atom. The normalized spacial score (nSPS) is 21.6. The molecule has 244 valence electrons. The van der Waals surface area contributed by atoms with Gasteiger partial charge < -0.3 is 18.6 Å². The smallest absolute Gasteiger partial charge is 0.508 e. The van der Waals surface area contributed by atoms with Crippen molar-refractivity contribution in [3.05, 3.63) is 48.1 Å². The van der Waals surface area contributed by atoms with Crippen LogP contribution in [0.5, 0.6) is 5.75 Å². The Morgan fingerprint density at radius 3 is 2.05 bits per heavy atom.